The molecule has 0 aliphatic rings. The van der Waals surface area contributed by atoms with Crippen molar-refractivity contribution in [3.63, 3.8) is 0 Å². The number of pyridine rings is 1. The molecule has 1 aromatic carbocycles. The van der Waals surface area contributed by atoms with E-state index in [9.17, 15) is 14.0 Å². The smallest absolute Gasteiger partial charge is 0.341 e. The summed E-state index contributed by atoms with van der Waals surface area (Å²) >= 11 is 0. The molecule has 1 aromatic heterocycles. The topological polar surface area (TPSA) is 62.5 Å². The van der Waals surface area contributed by atoms with Crippen molar-refractivity contribution < 1.29 is 14.3 Å². The van der Waals surface area contributed by atoms with Gasteiger partial charge in [0.25, 0.3) is 0 Å². The van der Waals surface area contributed by atoms with E-state index >= 15 is 0 Å². The van der Waals surface area contributed by atoms with Crippen LogP contribution in [0.1, 0.15) is 10.4 Å². The van der Waals surface area contributed by atoms with Crippen molar-refractivity contribution in [2.24, 2.45) is 0 Å². The summed E-state index contributed by atoms with van der Waals surface area (Å²) in [6.45, 7) is 1.18. The molecule has 0 bridgehead atoms. The van der Waals surface area contributed by atoms with Crippen molar-refractivity contribution >= 4 is 16.9 Å². The number of aromatic carboxylic acids is 1. The SMILES string of the molecule is CN(C)CCn1cc(C(=O)O)c(=O)c2cc(F)ccc21. The van der Waals surface area contributed by atoms with Crippen LogP contribution in [-0.2, 0) is 6.54 Å². The number of aromatic nitrogens is 1. The maximum atomic E-state index is 13.3. The van der Waals surface area contributed by atoms with E-state index in [1.54, 1.807) is 4.57 Å². The maximum absolute atomic E-state index is 13.3. The van der Waals surface area contributed by atoms with Crippen molar-refractivity contribution in [1.29, 1.82) is 0 Å². The van der Waals surface area contributed by atoms with Crippen LogP contribution in [0.2, 0.25) is 0 Å². The van der Waals surface area contributed by atoms with Gasteiger partial charge in [0, 0.05) is 24.7 Å². The van der Waals surface area contributed by atoms with Crippen molar-refractivity contribution in [1.82, 2.24) is 9.47 Å². The molecule has 106 valence electrons. The summed E-state index contributed by atoms with van der Waals surface area (Å²) in [6, 6.07) is 3.83. The summed E-state index contributed by atoms with van der Waals surface area (Å²) in [6.07, 6.45) is 1.31. The molecule has 2 rings (SSSR count). The molecule has 0 unspecified atom stereocenters. The predicted molar refractivity (Wildman–Crippen MR) is 73.7 cm³/mol. The molecular weight excluding hydrogens is 263 g/mol. The second-order valence-electron chi connectivity index (χ2n) is 4.84. The summed E-state index contributed by atoms with van der Waals surface area (Å²) in [4.78, 5) is 25.1. The number of likely N-dealkylation sites (N-methyl/N-ethyl adjacent to an activating group) is 1. The van der Waals surface area contributed by atoms with Gasteiger partial charge < -0.3 is 14.6 Å². The Kier molecular flexibility index (Phi) is 3.85. The lowest BCUT2D eigenvalue weighted by Crippen LogP contribution is -2.23. The fourth-order valence-corrected chi connectivity index (χ4v) is 2.01. The molecule has 6 heteroatoms. The van der Waals surface area contributed by atoms with Crippen LogP contribution in [0.15, 0.2) is 29.2 Å². The van der Waals surface area contributed by atoms with Gasteiger partial charge in [-0.25, -0.2) is 9.18 Å². The van der Waals surface area contributed by atoms with Crippen LogP contribution < -0.4 is 5.43 Å². The summed E-state index contributed by atoms with van der Waals surface area (Å²) < 4.78 is 15.0. The van der Waals surface area contributed by atoms with E-state index in [0.29, 0.717) is 18.6 Å². The summed E-state index contributed by atoms with van der Waals surface area (Å²) in [5.41, 5.74) is -0.474. The Hall–Kier alpha value is -2.21. The first-order chi connectivity index (χ1) is 9.40. The molecule has 0 fully saturated rings. The van der Waals surface area contributed by atoms with Gasteiger partial charge in [0.15, 0.2) is 0 Å². The number of hydrogen-bond donors (Lipinski definition) is 1. The van der Waals surface area contributed by atoms with Gasteiger partial charge in [-0.05, 0) is 32.3 Å². The minimum atomic E-state index is -1.31. The van der Waals surface area contributed by atoms with Crippen LogP contribution in [-0.4, -0.2) is 41.2 Å². The lowest BCUT2D eigenvalue weighted by molar-refractivity contribution is 0.0695. The van der Waals surface area contributed by atoms with Gasteiger partial charge in [0.2, 0.25) is 5.43 Å². The highest BCUT2D eigenvalue weighted by atomic mass is 19.1. The van der Waals surface area contributed by atoms with Crippen molar-refractivity contribution in [3.05, 3.63) is 46.0 Å². The first-order valence-electron chi connectivity index (χ1n) is 6.11. The van der Waals surface area contributed by atoms with Gasteiger partial charge in [-0.1, -0.05) is 0 Å². The molecule has 1 heterocycles. The van der Waals surface area contributed by atoms with Crippen LogP contribution in [0.25, 0.3) is 10.9 Å². The Bertz CT molecular complexity index is 722. The number of carboxylic acid groups (broad SMARTS) is 1. The lowest BCUT2D eigenvalue weighted by Gasteiger charge is -2.15. The highest BCUT2D eigenvalue weighted by molar-refractivity contribution is 5.92. The van der Waals surface area contributed by atoms with Crippen molar-refractivity contribution in [2.45, 2.75) is 6.54 Å². The number of benzene rings is 1. The molecule has 5 nitrogen and oxygen atoms in total. The normalized spacial score (nSPS) is 11.2. The highest BCUT2D eigenvalue weighted by Gasteiger charge is 2.15. The summed E-state index contributed by atoms with van der Waals surface area (Å²) in [5, 5.41) is 9.17. The first-order valence-corrected chi connectivity index (χ1v) is 6.11. The third-order valence-electron chi connectivity index (χ3n) is 3.06. The van der Waals surface area contributed by atoms with Crippen molar-refractivity contribution in [2.75, 3.05) is 20.6 Å². The molecule has 1 N–H and O–H groups in total. The number of nitrogens with zero attached hydrogens (tertiary/aromatic N) is 2. The van der Waals surface area contributed by atoms with Crippen molar-refractivity contribution in [3.8, 4) is 0 Å². The number of carboxylic acids is 1. The fraction of sp³-hybridized carbons (Fsp3) is 0.286. The zero-order valence-corrected chi connectivity index (χ0v) is 11.3. The number of rotatable bonds is 4. The van der Waals surface area contributed by atoms with E-state index in [2.05, 4.69) is 0 Å². The van der Waals surface area contributed by atoms with Crippen LogP contribution >= 0.6 is 0 Å². The van der Waals surface area contributed by atoms with Crippen LogP contribution in [0, 0.1) is 5.82 Å². The third kappa shape index (κ3) is 2.70. The van der Waals surface area contributed by atoms with Gasteiger partial charge in [0.05, 0.1) is 5.52 Å². The molecule has 0 saturated carbocycles. The molecule has 0 aliphatic carbocycles. The zero-order valence-electron chi connectivity index (χ0n) is 11.3. The molecule has 0 amide bonds. The predicted octanol–water partition coefficient (Wildman–Crippen LogP) is 1.40. The Balaban J connectivity index is 2.69. The first kappa shape index (κ1) is 14.2. The standard InChI is InChI=1S/C14H15FN2O3/c1-16(2)5-6-17-8-11(14(19)20)13(18)10-7-9(15)3-4-12(10)17/h3-4,7-8H,5-6H2,1-2H3,(H,19,20). The number of halogens is 1. The number of carbonyl (C=O) groups is 1. The van der Waals surface area contributed by atoms with Gasteiger partial charge in [0.1, 0.15) is 11.4 Å². The highest BCUT2D eigenvalue weighted by Crippen LogP contribution is 2.14. The second kappa shape index (κ2) is 5.42. The van der Waals surface area contributed by atoms with E-state index in [4.69, 9.17) is 5.11 Å². The van der Waals surface area contributed by atoms with E-state index in [1.807, 2.05) is 19.0 Å². The largest absolute Gasteiger partial charge is 0.477 e. The third-order valence-corrected chi connectivity index (χ3v) is 3.06. The summed E-state index contributed by atoms with van der Waals surface area (Å²) in [7, 11) is 3.78. The molecule has 0 atom stereocenters. The fourth-order valence-electron chi connectivity index (χ4n) is 2.01. The zero-order chi connectivity index (χ0) is 14.9. The Morgan fingerprint density at radius 2 is 2.10 bits per heavy atom. The van der Waals surface area contributed by atoms with Crippen LogP contribution in [0.3, 0.4) is 0 Å². The number of fused-ring (bicyclic) bond motifs is 1. The van der Waals surface area contributed by atoms with E-state index in [-0.39, 0.29) is 10.9 Å². The van der Waals surface area contributed by atoms with E-state index in [1.165, 1.54) is 18.3 Å². The average molecular weight is 278 g/mol. The molecule has 0 radical (unpaired) electrons. The Labute approximate surface area is 114 Å². The van der Waals surface area contributed by atoms with Gasteiger partial charge in [-0.3, -0.25) is 4.79 Å². The van der Waals surface area contributed by atoms with Gasteiger partial charge >= 0.3 is 5.97 Å². The van der Waals surface area contributed by atoms with E-state index < -0.39 is 17.2 Å². The maximum Gasteiger partial charge on any atom is 0.341 e. The van der Waals surface area contributed by atoms with Crippen LogP contribution in [0.4, 0.5) is 4.39 Å². The van der Waals surface area contributed by atoms with Gasteiger partial charge in [-0.2, -0.15) is 0 Å². The Morgan fingerprint density at radius 1 is 1.40 bits per heavy atom. The Morgan fingerprint density at radius 3 is 2.70 bits per heavy atom. The van der Waals surface area contributed by atoms with Crippen LogP contribution in [0.5, 0.6) is 0 Å². The number of hydrogen-bond acceptors (Lipinski definition) is 3. The monoisotopic (exact) mass is 278 g/mol. The molecule has 0 aliphatic heterocycles. The molecule has 2 aromatic rings. The molecule has 0 saturated heterocycles. The summed E-state index contributed by atoms with van der Waals surface area (Å²) in [5.74, 6) is -1.86. The lowest BCUT2D eigenvalue weighted by atomic mass is 10.1. The average Bonchev–Trinajstić information content (AvgIpc) is 2.37. The molecule has 0 spiro atoms. The molecular formula is C14H15FN2O3. The minimum Gasteiger partial charge on any atom is -0.477 e. The second-order valence-corrected chi connectivity index (χ2v) is 4.84. The quantitative estimate of drug-likeness (QED) is 0.918. The van der Waals surface area contributed by atoms with Gasteiger partial charge in [-0.15, -0.1) is 0 Å². The minimum absolute atomic E-state index is 0.0867. The van der Waals surface area contributed by atoms with E-state index in [0.717, 1.165) is 6.07 Å². The molecule has 20 heavy (non-hydrogen) atoms.